The first-order chi connectivity index (χ1) is 8.13. The van der Waals surface area contributed by atoms with E-state index in [9.17, 15) is 9.59 Å². The second-order valence-corrected chi connectivity index (χ2v) is 4.94. The van der Waals surface area contributed by atoms with Gasteiger partial charge < -0.3 is 15.8 Å². The number of hydrogen-bond donors (Lipinski definition) is 2. The highest BCUT2D eigenvalue weighted by atomic mass is 16.5. The molecule has 1 unspecified atom stereocenters. The Morgan fingerprint density at radius 3 is 2.24 bits per heavy atom. The maximum Gasteiger partial charge on any atom is 0.332 e. The van der Waals surface area contributed by atoms with Crippen molar-refractivity contribution in [1.82, 2.24) is 5.32 Å². The van der Waals surface area contributed by atoms with Gasteiger partial charge in [0, 0.05) is 6.04 Å². The molecule has 0 aromatic carbocycles. The molecule has 0 aromatic rings. The van der Waals surface area contributed by atoms with E-state index in [2.05, 4.69) is 5.32 Å². The fraction of sp³-hybridized carbons (Fsp3) is 0.833. The van der Waals surface area contributed by atoms with Gasteiger partial charge in [0.1, 0.15) is 0 Å². The zero-order chi connectivity index (χ0) is 12.4. The summed E-state index contributed by atoms with van der Waals surface area (Å²) in [6.45, 7) is 1.94. The fourth-order valence-corrected chi connectivity index (χ4v) is 2.12. The number of ether oxygens (including phenoxy) is 1. The van der Waals surface area contributed by atoms with Crippen LogP contribution in [0.3, 0.4) is 0 Å². The molecule has 0 saturated heterocycles. The van der Waals surface area contributed by atoms with Crippen molar-refractivity contribution in [1.29, 1.82) is 0 Å². The van der Waals surface area contributed by atoms with Crippen LogP contribution in [0.2, 0.25) is 0 Å². The average molecular weight is 240 g/mol. The molecule has 1 atom stereocenters. The van der Waals surface area contributed by atoms with Crippen molar-refractivity contribution < 1.29 is 14.3 Å². The number of nitrogens with one attached hydrogen (secondary N) is 1. The van der Waals surface area contributed by atoms with E-state index >= 15 is 0 Å². The van der Waals surface area contributed by atoms with E-state index in [1.807, 2.05) is 0 Å². The van der Waals surface area contributed by atoms with Gasteiger partial charge >= 0.3 is 5.97 Å². The van der Waals surface area contributed by atoms with Gasteiger partial charge in [-0.25, -0.2) is 4.79 Å². The van der Waals surface area contributed by atoms with Crippen LogP contribution >= 0.6 is 0 Å². The summed E-state index contributed by atoms with van der Waals surface area (Å²) in [4.78, 5) is 23.1. The number of nitrogens with two attached hydrogens (primary N) is 1. The highest BCUT2D eigenvalue weighted by Gasteiger charge is 2.43. The Labute approximate surface area is 101 Å². The van der Waals surface area contributed by atoms with E-state index < -0.39 is 17.9 Å². The van der Waals surface area contributed by atoms with Gasteiger partial charge in [0.05, 0.1) is 6.61 Å². The largest absolute Gasteiger partial charge is 0.464 e. The Hall–Kier alpha value is -1.10. The molecule has 0 bridgehead atoms. The minimum absolute atomic E-state index is 0.225. The van der Waals surface area contributed by atoms with Crippen LogP contribution in [0.1, 0.15) is 32.6 Å². The van der Waals surface area contributed by atoms with E-state index in [4.69, 9.17) is 10.5 Å². The lowest BCUT2D eigenvalue weighted by molar-refractivity contribution is -0.148. The van der Waals surface area contributed by atoms with Crippen molar-refractivity contribution in [2.75, 3.05) is 6.61 Å². The lowest BCUT2D eigenvalue weighted by Crippen LogP contribution is -2.51. The first-order valence-electron chi connectivity index (χ1n) is 6.36. The first-order valence-corrected chi connectivity index (χ1v) is 6.36. The zero-order valence-electron chi connectivity index (χ0n) is 10.1. The molecular formula is C12H20N2O3. The van der Waals surface area contributed by atoms with E-state index in [1.54, 1.807) is 6.92 Å². The average Bonchev–Trinajstić information content (AvgIpc) is 3.17. The Bertz CT molecular complexity index is 299. The van der Waals surface area contributed by atoms with Crippen LogP contribution in [0.4, 0.5) is 0 Å². The van der Waals surface area contributed by atoms with Crippen molar-refractivity contribution in [3.8, 4) is 0 Å². The number of hydrogen-bond acceptors (Lipinski definition) is 4. The van der Waals surface area contributed by atoms with Crippen molar-refractivity contribution in [2.45, 2.75) is 44.7 Å². The lowest BCUT2D eigenvalue weighted by atomic mass is 10.1. The van der Waals surface area contributed by atoms with Crippen LogP contribution in [0.15, 0.2) is 0 Å². The van der Waals surface area contributed by atoms with Gasteiger partial charge in [-0.05, 0) is 44.4 Å². The third-order valence-electron chi connectivity index (χ3n) is 3.39. The second kappa shape index (κ2) is 5.04. The summed E-state index contributed by atoms with van der Waals surface area (Å²) in [7, 11) is 0. The molecule has 1 amide bonds. The number of carbonyl (C=O) groups excluding carboxylic acids is 2. The Kier molecular flexibility index (Phi) is 3.66. The summed E-state index contributed by atoms with van der Waals surface area (Å²) in [6.07, 6.45) is 4.71. The molecule has 0 radical (unpaired) electrons. The summed E-state index contributed by atoms with van der Waals surface area (Å²) < 4.78 is 4.73. The van der Waals surface area contributed by atoms with Gasteiger partial charge in [0.2, 0.25) is 5.91 Å². The first kappa shape index (κ1) is 12.4. The molecule has 0 heterocycles. The monoisotopic (exact) mass is 240 g/mol. The summed E-state index contributed by atoms with van der Waals surface area (Å²) in [5.41, 5.74) is 5.55. The predicted octanol–water partition coefficient (Wildman–Crippen LogP) is 0.182. The molecular weight excluding hydrogens is 220 g/mol. The van der Waals surface area contributed by atoms with Crippen molar-refractivity contribution >= 4 is 11.9 Å². The van der Waals surface area contributed by atoms with Crippen LogP contribution in [0, 0.1) is 11.8 Å². The molecule has 2 aliphatic carbocycles. The number of amides is 1. The Balaban J connectivity index is 1.83. The highest BCUT2D eigenvalue weighted by molar-refractivity contribution is 6.01. The molecule has 2 saturated carbocycles. The van der Waals surface area contributed by atoms with E-state index in [0.29, 0.717) is 11.8 Å². The number of rotatable bonds is 6. The molecule has 5 heteroatoms. The maximum absolute atomic E-state index is 11.8. The SMILES string of the molecule is CCOC(=O)C(N)C(=O)NC(C1CC1)C1CC1. The third-order valence-corrected chi connectivity index (χ3v) is 3.39. The molecule has 3 N–H and O–H groups in total. The van der Waals surface area contributed by atoms with Crippen LogP contribution in [-0.4, -0.2) is 30.6 Å². The van der Waals surface area contributed by atoms with Crippen LogP contribution in [0.5, 0.6) is 0 Å². The van der Waals surface area contributed by atoms with Crippen LogP contribution in [0.25, 0.3) is 0 Å². The standard InChI is InChI=1S/C12H20N2O3/c1-2-17-12(16)9(13)11(15)14-10(7-3-4-7)8-5-6-8/h7-10H,2-6,13H2,1H3,(H,14,15). The van der Waals surface area contributed by atoms with Crippen LogP contribution < -0.4 is 11.1 Å². The number of carbonyl (C=O) groups is 2. The van der Waals surface area contributed by atoms with Gasteiger partial charge in [-0.3, -0.25) is 4.79 Å². The van der Waals surface area contributed by atoms with E-state index in [1.165, 1.54) is 25.7 Å². The molecule has 96 valence electrons. The van der Waals surface area contributed by atoms with E-state index in [-0.39, 0.29) is 12.6 Å². The smallest absolute Gasteiger partial charge is 0.332 e. The predicted molar refractivity (Wildman–Crippen MR) is 62.0 cm³/mol. The van der Waals surface area contributed by atoms with Gasteiger partial charge in [-0.2, -0.15) is 0 Å². The molecule has 0 aliphatic heterocycles. The summed E-state index contributed by atoms with van der Waals surface area (Å²) in [5.74, 6) is 0.157. The highest BCUT2D eigenvalue weighted by Crippen LogP contribution is 2.44. The van der Waals surface area contributed by atoms with Gasteiger partial charge in [-0.1, -0.05) is 0 Å². The fourth-order valence-electron chi connectivity index (χ4n) is 2.12. The van der Waals surface area contributed by atoms with Crippen molar-refractivity contribution in [3.63, 3.8) is 0 Å². The molecule has 2 fully saturated rings. The minimum atomic E-state index is -1.19. The molecule has 0 spiro atoms. The quantitative estimate of drug-likeness (QED) is 0.512. The molecule has 17 heavy (non-hydrogen) atoms. The molecule has 2 rings (SSSR count). The third kappa shape index (κ3) is 3.19. The normalized spacial score (nSPS) is 21.1. The van der Waals surface area contributed by atoms with Crippen LogP contribution in [-0.2, 0) is 14.3 Å². The van der Waals surface area contributed by atoms with Gasteiger partial charge in [0.15, 0.2) is 6.04 Å². The Morgan fingerprint density at radius 1 is 1.29 bits per heavy atom. The maximum atomic E-state index is 11.8. The minimum Gasteiger partial charge on any atom is -0.464 e. The van der Waals surface area contributed by atoms with Crippen molar-refractivity contribution in [2.24, 2.45) is 17.6 Å². The van der Waals surface area contributed by atoms with Crippen molar-refractivity contribution in [3.05, 3.63) is 0 Å². The molecule has 2 aliphatic rings. The summed E-state index contributed by atoms with van der Waals surface area (Å²) >= 11 is 0. The Morgan fingerprint density at radius 2 is 1.82 bits per heavy atom. The summed E-state index contributed by atoms with van der Waals surface area (Å²) in [6, 6.07) is -0.960. The van der Waals surface area contributed by atoms with E-state index in [0.717, 1.165) is 0 Å². The molecule has 0 aromatic heterocycles. The van der Waals surface area contributed by atoms with Gasteiger partial charge in [-0.15, -0.1) is 0 Å². The van der Waals surface area contributed by atoms with Gasteiger partial charge in [0.25, 0.3) is 0 Å². The number of esters is 1. The topological polar surface area (TPSA) is 81.4 Å². The summed E-state index contributed by atoms with van der Waals surface area (Å²) in [5, 5.41) is 2.92. The zero-order valence-corrected chi connectivity index (χ0v) is 10.1. The lowest BCUT2D eigenvalue weighted by Gasteiger charge is -2.19. The second-order valence-electron chi connectivity index (χ2n) is 4.94. The molecule has 5 nitrogen and oxygen atoms in total.